The molecule has 4 rings (SSSR count). The second kappa shape index (κ2) is 8.17. The summed E-state index contributed by atoms with van der Waals surface area (Å²) in [5.41, 5.74) is 0.678. The van der Waals surface area contributed by atoms with Crippen molar-refractivity contribution in [3.8, 4) is 5.82 Å². The Morgan fingerprint density at radius 1 is 1.24 bits per heavy atom. The fourth-order valence-electron chi connectivity index (χ4n) is 3.80. The molecule has 1 amide bonds. The Morgan fingerprint density at radius 2 is 1.96 bits per heavy atom. The van der Waals surface area contributed by atoms with Crippen molar-refractivity contribution >= 4 is 30.7 Å². The van der Waals surface area contributed by atoms with E-state index in [1.807, 2.05) is 28.8 Å². The molecule has 2 unspecified atom stereocenters. The molecular weight excluding hydrogens is 361 g/mol. The summed E-state index contributed by atoms with van der Waals surface area (Å²) in [5, 5.41) is 3.62. The zero-order valence-corrected chi connectivity index (χ0v) is 15.7. The van der Waals surface area contributed by atoms with Crippen molar-refractivity contribution < 1.29 is 4.79 Å². The lowest BCUT2D eigenvalue weighted by molar-refractivity contribution is 0.0681. The zero-order valence-electron chi connectivity index (χ0n) is 14.0. The van der Waals surface area contributed by atoms with Crippen molar-refractivity contribution in [3.63, 3.8) is 0 Å². The van der Waals surface area contributed by atoms with E-state index in [1.165, 1.54) is 12.8 Å². The lowest BCUT2D eigenvalue weighted by Crippen LogP contribution is -2.48. The third kappa shape index (κ3) is 3.97. The van der Waals surface area contributed by atoms with Crippen LogP contribution in [0.4, 0.5) is 0 Å². The summed E-state index contributed by atoms with van der Waals surface area (Å²) in [6.07, 6.45) is 11.5. The number of aromatic nitrogens is 3. The lowest BCUT2D eigenvalue weighted by atomic mass is 9.98. The monoisotopic (exact) mass is 383 g/mol. The number of imidazole rings is 1. The highest BCUT2D eigenvalue weighted by molar-refractivity contribution is 5.94. The van der Waals surface area contributed by atoms with Crippen LogP contribution in [0.25, 0.3) is 5.82 Å². The maximum absolute atomic E-state index is 12.9. The van der Waals surface area contributed by atoms with E-state index in [0.717, 1.165) is 12.8 Å². The van der Waals surface area contributed by atoms with Crippen LogP contribution in [-0.2, 0) is 0 Å². The fourth-order valence-corrected chi connectivity index (χ4v) is 3.80. The second-order valence-corrected chi connectivity index (χ2v) is 6.55. The molecule has 2 aromatic rings. The Hall–Kier alpha value is -1.63. The number of halogens is 2. The zero-order chi connectivity index (χ0) is 15.8. The van der Waals surface area contributed by atoms with E-state index in [2.05, 4.69) is 15.3 Å². The molecule has 0 aromatic carbocycles. The van der Waals surface area contributed by atoms with Crippen LogP contribution in [0, 0.1) is 0 Å². The molecule has 1 N–H and O–H groups in total. The molecule has 25 heavy (non-hydrogen) atoms. The number of hydrogen-bond acceptors (Lipinski definition) is 4. The summed E-state index contributed by atoms with van der Waals surface area (Å²) in [7, 11) is 1.93. The molecule has 2 atom stereocenters. The first-order valence-corrected chi connectivity index (χ1v) is 8.18. The predicted octanol–water partition coefficient (Wildman–Crippen LogP) is 2.47. The van der Waals surface area contributed by atoms with E-state index >= 15 is 0 Å². The maximum atomic E-state index is 12.9. The lowest BCUT2D eigenvalue weighted by Gasteiger charge is -2.35. The molecule has 2 fully saturated rings. The molecule has 6 nitrogen and oxygen atoms in total. The topological polar surface area (TPSA) is 63.1 Å². The van der Waals surface area contributed by atoms with Gasteiger partial charge >= 0.3 is 0 Å². The third-order valence-electron chi connectivity index (χ3n) is 5.08. The fraction of sp³-hybridized carbons (Fsp3) is 0.471. The van der Waals surface area contributed by atoms with Crippen LogP contribution >= 0.6 is 24.8 Å². The van der Waals surface area contributed by atoms with Gasteiger partial charge in [0.25, 0.3) is 5.91 Å². The van der Waals surface area contributed by atoms with E-state index in [1.54, 1.807) is 24.8 Å². The summed E-state index contributed by atoms with van der Waals surface area (Å²) >= 11 is 0. The van der Waals surface area contributed by atoms with Crippen molar-refractivity contribution in [2.24, 2.45) is 0 Å². The van der Waals surface area contributed by atoms with Crippen molar-refractivity contribution in [1.82, 2.24) is 24.8 Å². The molecule has 2 aliphatic heterocycles. The number of nitrogens with zero attached hydrogens (tertiary/aromatic N) is 4. The Kier molecular flexibility index (Phi) is 6.43. The summed E-state index contributed by atoms with van der Waals surface area (Å²) in [6.45, 7) is 0. The number of hydrogen-bond donors (Lipinski definition) is 1. The number of amides is 1. The Labute approximate surface area is 159 Å². The molecule has 2 bridgehead atoms. The van der Waals surface area contributed by atoms with Gasteiger partial charge < -0.3 is 10.2 Å². The SMILES string of the molecule is CN(C(=O)c1ccnc(-n2ccnc2)c1)C1CC2CCC(C1)N2.Cl.Cl. The third-order valence-corrected chi connectivity index (χ3v) is 5.08. The van der Waals surface area contributed by atoms with Crippen molar-refractivity contribution in [3.05, 3.63) is 42.6 Å². The number of nitrogens with one attached hydrogen (secondary N) is 1. The first-order valence-electron chi connectivity index (χ1n) is 8.18. The van der Waals surface area contributed by atoms with Gasteiger partial charge in [-0.2, -0.15) is 0 Å². The van der Waals surface area contributed by atoms with E-state index in [-0.39, 0.29) is 30.7 Å². The van der Waals surface area contributed by atoms with Crippen LogP contribution in [0.2, 0.25) is 0 Å². The van der Waals surface area contributed by atoms with E-state index < -0.39 is 0 Å². The number of piperidine rings is 1. The molecule has 0 aliphatic carbocycles. The van der Waals surface area contributed by atoms with E-state index in [0.29, 0.717) is 29.5 Å². The minimum Gasteiger partial charge on any atom is -0.339 e. The second-order valence-electron chi connectivity index (χ2n) is 6.55. The Bertz CT molecular complexity index is 697. The standard InChI is InChI=1S/C17H21N5O.2ClH/c1-21(15-9-13-2-3-14(10-15)20-13)17(23)12-4-5-19-16(8-12)22-7-6-18-11-22;;/h4-8,11,13-15,20H,2-3,9-10H2,1H3;2*1H. The summed E-state index contributed by atoms with van der Waals surface area (Å²) in [6, 6.07) is 5.09. The molecule has 4 heterocycles. The summed E-state index contributed by atoms with van der Waals surface area (Å²) in [5.74, 6) is 0.784. The highest BCUT2D eigenvalue weighted by Gasteiger charge is 2.36. The number of rotatable bonds is 3. The summed E-state index contributed by atoms with van der Waals surface area (Å²) < 4.78 is 1.81. The smallest absolute Gasteiger partial charge is 0.254 e. The number of pyridine rings is 1. The highest BCUT2D eigenvalue weighted by atomic mass is 35.5. The van der Waals surface area contributed by atoms with Crippen molar-refractivity contribution in [2.45, 2.75) is 43.8 Å². The van der Waals surface area contributed by atoms with Gasteiger partial charge in [-0.25, -0.2) is 9.97 Å². The number of carbonyl (C=O) groups is 1. The van der Waals surface area contributed by atoms with Gasteiger partial charge in [-0.05, 0) is 37.8 Å². The van der Waals surface area contributed by atoms with Gasteiger partial charge in [0.15, 0.2) is 0 Å². The Morgan fingerprint density at radius 3 is 2.60 bits per heavy atom. The molecule has 2 saturated heterocycles. The molecule has 136 valence electrons. The highest BCUT2D eigenvalue weighted by Crippen LogP contribution is 2.29. The normalized spacial score (nSPS) is 24.1. The first kappa shape index (κ1) is 19.7. The molecule has 2 aromatic heterocycles. The minimum atomic E-state index is 0. The number of fused-ring (bicyclic) bond motifs is 2. The summed E-state index contributed by atoms with van der Waals surface area (Å²) in [4.78, 5) is 23.1. The first-order chi connectivity index (χ1) is 11.2. The average molecular weight is 384 g/mol. The van der Waals surface area contributed by atoms with Gasteiger partial charge in [-0.3, -0.25) is 9.36 Å². The van der Waals surface area contributed by atoms with Crippen LogP contribution in [0.3, 0.4) is 0 Å². The molecule has 8 heteroatoms. The van der Waals surface area contributed by atoms with Crippen molar-refractivity contribution in [1.29, 1.82) is 0 Å². The molecule has 2 aliphatic rings. The molecule has 0 radical (unpaired) electrons. The van der Waals surface area contributed by atoms with Gasteiger partial charge in [-0.1, -0.05) is 0 Å². The van der Waals surface area contributed by atoms with Gasteiger partial charge in [0, 0.05) is 49.3 Å². The van der Waals surface area contributed by atoms with Gasteiger partial charge in [0.05, 0.1) is 0 Å². The van der Waals surface area contributed by atoms with Crippen molar-refractivity contribution in [2.75, 3.05) is 7.05 Å². The average Bonchev–Trinajstić information content (AvgIpc) is 3.23. The quantitative estimate of drug-likeness (QED) is 0.883. The molecule has 0 saturated carbocycles. The molecular formula is C17H23Cl2N5O. The molecule has 0 spiro atoms. The predicted molar refractivity (Wildman–Crippen MR) is 101 cm³/mol. The van der Waals surface area contributed by atoms with Gasteiger partial charge in [0.1, 0.15) is 12.1 Å². The van der Waals surface area contributed by atoms with Crippen LogP contribution < -0.4 is 5.32 Å². The minimum absolute atomic E-state index is 0. The van der Waals surface area contributed by atoms with Crippen LogP contribution in [0.15, 0.2) is 37.1 Å². The van der Waals surface area contributed by atoms with Crippen LogP contribution in [-0.4, -0.2) is 50.5 Å². The van der Waals surface area contributed by atoms with E-state index in [4.69, 9.17) is 0 Å². The Balaban J connectivity index is 0.00000113. The van der Waals surface area contributed by atoms with Gasteiger partial charge in [0.2, 0.25) is 0 Å². The maximum Gasteiger partial charge on any atom is 0.254 e. The van der Waals surface area contributed by atoms with E-state index in [9.17, 15) is 4.79 Å². The number of carbonyl (C=O) groups excluding carboxylic acids is 1. The van der Waals surface area contributed by atoms with Crippen LogP contribution in [0.1, 0.15) is 36.0 Å². The van der Waals surface area contributed by atoms with Gasteiger partial charge in [-0.15, -0.1) is 24.8 Å². The largest absolute Gasteiger partial charge is 0.339 e. The van der Waals surface area contributed by atoms with Crippen LogP contribution in [0.5, 0.6) is 0 Å².